The lowest BCUT2D eigenvalue weighted by molar-refractivity contribution is -0.137. The minimum absolute atomic E-state index is 0.0174. The van der Waals surface area contributed by atoms with Crippen LogP contribution in [0, 0.1) is 6.92 Å². The normalized spacial score (nSPS) is 12.9. The third-order valence-corrected chi connectivity index (χ3v) is 3.70. The average Bonchev–Trinajstić information content (AvgIpc) is 2.83. The van der Waals surface area contributed by atoms with Gasteiger partial charge in [-0.2, -0.15) is 18.3 Å². The summed E-state index contributed by atoms with van der Waals surface area (Å²) >= 11 is 0. The van der Waals surface area contributed by atoms with Crippen LogP contribution in [0.4, 0.5) is 13.2 Å². The van der Waals surface area contributed by atoms with E-state index in [2.05, 4.69) is 5.10 Å². The van der Waals surface area contributed by atoms with Crippen molar-refractivity contribution < 1.29 is 22.8 Å². The van der Waals surface area contributed by atoms with Gasteiger partial charge in [-0.15, -0.1) is 0 Å². The smallest absolute Gasteiger partial charge is 0.364 e. The third kappa shape index (κ3) is 3.10. The number of hydrogen-bond donors (Lipinski definition) is 2. The highest BCUT2D eigenvalue weighted by Crippen LogP contribution is 2.31. The van der Waals surface area contributed by atoms with E-state index in [1.807, 2.05) is 0 Å². The highest BCUT2D eigenvalue weighted by molar-refractivity contribution is 5.99. The van der Waals surface area contributed by atoms with E-state index in [0.29, 0.717) is 5.56 Å². The van der Waals surface area contributed by atoms with Crippen LogP contribution in [0.5, 0.6) is 0 Å². The maximum absolute atomic E-state index is 12.6. The van der Waals surface area contributed by atoms with Gasteiger partial charge in [0.05, 0.1) is 11.6 Å². The van der Waals surface area contributed by atoms with Gasteiger partial charge >= 0.3 is 6.18 Å². The predicted molar refractivity (Wildman–Crippen MR) is 79.3 cm³/mol. The molecule has 1 atom stereocenters. The summed E-state index contributed by atoms with van der Waals surface area (Å²) in [6.45, 7) is 3.09. The molecule has 1 unspecified atom stereocenters. The maximum Gasteiger partial charge on any atom is 0.416 e. The van der Waals surface area contributed by atoms with Crippen LogP contribution in [-0.4, -0.2) is 21.6 Å². The van der Waals surface area contributed by atoms with Gasteiger partial charge in [-0.05, 0) is 31.5 Å². The van der Waals surface area contributed by atoms with Gasteiger partial charge in [-0.25, -0.2) is 0 Å². The Bertz CT molecular complexity index is 794. The first kappa shape index (κ1) is 17.5. The van der Waals surface area contributed by atoms with Crippen LogP contribution in [0.15, 0.2) is 24.3 Å². The summed E-state index contributed by atoms with van der Waals surface area (Å²) in [5, 5.41) is 4.00. The first-order valence-electron chi connectivity index (χ1n) is 6.90. The molecule has 0 radical (unpaired) electrons. The van der Waals surface area contributed by atoms with Crippen LogP contribution in [0.3, 0.4) is 0 Å². The van der Waals surface area contributed by atoms with E-state index in [1.165, 1.54) is 23.7 Å². The molecule has 4 N–H and O–H groups in total. The number of amides is 2. The standard InChI is InChI=1S/C15H15F3N4O2/c1-7-11(13(19)23)21-22(12(7)14(20)24)8(2)9-3-5-10(6-4-9)15(16,17)18/h3-6,8H,1-2H3,(H2,19,23)(H2,20,24). The van der Waals surface area contributed by atoms with E-state index in [0.717, 1.165) is 12.1 Å². The largest absolute Gasteiger partial charge is 0.416 e. The first-order chi connectivity index (χ1) is 11.0. The predicted octanol–water partition coefficient (Wildman–Crippen LogP) is 2.02. The molecule has 0 spiro atoms. The zero-order valence-electron chi connectivity index (χ0n) is 12.9. The first-order valence-corrected chi connectivity index (χ1v) is 6.90. The number of alkyl halides is 3. The Kier molecular flexibility index (Phi) is 4.37. The molecular weight excluding hydrogens is 325 g/mol. The molecule has 2 rings (SSSR count). The monoisotopic (exact) mass is 340 g/mol. The SMILES string of the molecule is Cc1c(C(N)=O)nn(C(C)c2ccc(C(F)(F)F)cc2)c1C(N)=O. The average molecular weight is 340 g/mol. The van der Waals surface area contributed by atoms with Crippen molar-refractivity contribution >= 4 is 11.8 Å². The summed E-state index contributed by atoms with van der Waals surface area (Å²) in [5.74, 6) is -1.64. The molecule has 0 saturated carbocycles. The van der Waals surface area contributed by atoms with Crippen LogP contribution in [0.1, 0.15) is 50.6 Å². The van der Waals surface area contributed by atoms with Crippen molar-refractivity contribution in [2.24, 2.45) is 11.5 Å². The fourth-order valence-corrected chi connectivity index (χ4v) is 2.42. The fraction of sp³-hybridized carbons (Fsp3) is 0.267. The van der Waals surface area contributed by atoms with Crippen LogP contribution >= 0.6 is 0 Å². The van der Waals surface area contributed by atoms with E-state index in [1.54, 1.807) is 6.92 Å². The van der Waals surface area contributed by atoms with E-state index < -0.39 is 29.6 Å². The van der Waals surface area contributed by atoms with E-state index in [-0.39, 0.29) is 17.0 Å². The fourth-order valence-electron chi connectivity index (χ4n) is 2.42. The lowest BCUT2D eigenvalue weighted by Gasteiger charge is -2.16. The Balaban J connectivity index is 2.50. The molecule has 0 bridgehead atoms. The minimum Gasteiger partial charge on any atom is -0.364 e. The van der Waals surface area contributed by atoms with Crippen molar-refractivity contribution in [3.63, 3.8) is 0 Å². The van der Waals surface area contributed by atoms with Gasteiger partial charge in [-0.3, -0.25) is 14.3 Å². The molecule has 0 aliphatic heterocycles. The van der Waals surface area contributed by atoms with Gasteiger partial charge in [0.25, 0.3) is 11.8 Å². The molecule has 0 fully saturated rings. The Morgan fingerprint density at radius 2 is 1.67 bits per heavy atom. The number of rotatable bonds is 4. The summed E-state index contributed by atoms with van der Waals surface area (Å²) in [4.78, 5) is 23.1. The summed E-state index contributed by atoms with van der Waals surface area (Å²) < 4.78 is 39.1. The molecule has 6 nitrogen and oxygen atoms in total. The summed E-state index contributed by atoms with van der Waals surface area (Å²) in [6.07, 6.45) is -4.44. The summed E-state index contributed by atoms with van der Waals surface area (Å²) in [5.41, 5.74) is 10.3. The number of aromatic nitrogens is 2. The van der Waals surface area contributed by atoms with Crippen LogP contribution in [0.2, 0.25) is 0 Å². The number of carbonyl (C=O) groups is 2. The Labute approximate surface area is 135 Å². The lowest BCUT2D eigenvalue weighted by atomic mass is 10.1. The molecule has 128 valence electrons. The molecule has 0 aliphatic carbocycles. The van der Waals surface area contributed by atoms with Crippen molar-refractivity contribution in [2.45, 2.75) is 26.1 Å². The van der Waals surface area contributed by atoms with Crippen molar-refractivity contribution in [3.8, 4) is 0 Å². The number of carbonyl (C=O) groups excluding carboxylic acids is 2. The van der Waals surface area contributed by atoms with Crippen LogP contribution in [-0.2, 0) is 6.18 Å². The second-order valence-corrected chi connectivity index (χ2v) is 5.29. The Morgan fingerprint density at radius 1 is 1.12 bits per heavy atom. The van der Waals surface area contributed by atoms with Gasteiger partial charge in [0.15, 0.2) is 5.69 Å². The van der Waals surface area contributed by atoms with E-state index >= 15 is 0 Å². The van der Waals surface area contributed by atoms with Gasteiger partial charge in [0, 0.05) is 5.56 Å². The quantitative estimate of drug-likeness (QED) is 0.889. The van der Waals surface area contributed by atoms with Crippen molar-refractivity contribution in [2.75, 3.05) is 0 Å². The molecule has 9 heteroatoms. The molecule has 2 amide bonds. The van der Waals surface area contributed by atoms with Gasteiger partial charge in [0.2, 0.25) is 0 Å². The molecule has 24 heavy (non-hydrogen) atoms. The van der Waals surface area contributed by atoms with Gasteiger partial charge in [0.1, 0.15) is 5.69 Å². The molecule has 1 aromatic carbocycles. The number of hydrogen-bond acceptors (Lipinski definition) is 3. The van der Waals surface area contributed by atoms with Crippen LogP contribution < -0.4 is 11.5 Å². The second kappa shape index (κ2) is 5.99. The van der Waals surface area contributed by atoms with E-state index in [4.69, 9.17) is 11.5 Å². The third-order valence-electron chi connectivity index (χ3n) is 3.70. The van der Waals surface area contributed by atoms with Gasteiger partial charge < -0.3 is 11.5 Å². The second-order valence-electron chi connectivity index (χ2n) is 5.29. The maximum atomic E-state index is 12.6. The Morgan fingerprint density at radius 3 is 2.08 bits per heavy atom. The number of nitrogens with zero attached hydrogens (tertiary/aromatic N) is 2. The zero-order valence-corrected chi connectivity index (χ0v) is 12.9. The van der Waals surface area contributed by atoms with Crippen molar-refractivity contribution in [3.05, 3.63) is 52.3 Å². The van der Waals surface area contributed by atoms with Crippen molar-refractivity contribution in [1.82, 2.24) is 9.78 Å². The highest BCUT2D eigenvalue weighted by atomic mass is 19.4. The molecule has 1 heterocycles. The van der Waals surface area contributed by atoms with Crippen LogP contribution in [0.25, 0.3) is 0 Å². The van der Waals surface area contributed by atoms with Crippen molar-refractivity contribution in [1.29, 1.82) is 0 Å². The number of halogens is 3. The number of nitrogens with two attached hydrogens (primary N) is 2. The molecule has 0 aliphatic rings. The van der Waals surface area contributed by atoms with E-state index in [9.17, 15) is 22.8 Å². The summed E-state index contributed by atoms with van der Waals surface area (Å²) in [7, 11) is 0. The molecule has 2 aromatic rings. The topological polar surface area (TPSA) is 104 Å². The Hall–Kier alpha value is -2.84. The molecule has 0 saturated heterocycles. The molecule has 1 aromatic heterocycles. The summed E-state index contributed by atoms with van der Waals surface area (Å²) in [6, 6.07) is 3.79. The number of primary amides is 2. The van der Waals surface area contributed by atoms with Gasteiger partial charge in [-0.1, -0.05) is 12.1 Å². The number of benzene rings is 1. The lowest BCUT2D eigenvalue weighted by Crippen LogP contribution is -2.21. The minimum atomic E-state index is -4.44. The molecular formula is C15H15F3N4O2. The highest BCUT2D eigenvalue weighted by Gasteiger charge is 2.30. The zero-order chi connectivity index (χ0) is 18.2.